The van der Waals surface area contributed by atoms with Gasteiger partial charge in [-0.3, -0.25) is 4.79 Å². The quantitative estimate of drug-likeness (QED) is 0.534. The number of aliphatic hydroxyl groups excluding tert-OH is 1. The average molecular weight is 508 g/mol. The van der Waals surface area contributed by atoms with Gasteiger partial charge in [0.1, 0.15) is 12.4 Å². The summed E-state index contributed by atoms with van der Waals surface area (Å²) in [5, 5.41) is 17.5. The lowest BCUT2D eigenvalue weighted by Gasteiger charge is -2.57. The summed E-state index contributed by atoms with van der Waals surface area (Å²) in [6.07, 6.45) is 6.74. The van der Waals surface area contributed by atoms with Gasteiger partial charge in [0.05, 0.1) is 25.7 Å². The molecule has 3 amide bonds. The Kier molecular flexibility index (Phi) is 8.88. The highest BCUT2D eigenvalue weighted by molar-refractivity contribution is 7.98. The number of nitrogens with one attached hydrogen (secondary N) is 1. The molecule has 2 saturated heterocycles. The zero-order valence-corrected chi connectivity index (χ0v) is 21.3. The molecule has 0 spiro atoms. The Balaban J connectivity index is 1.63. The summed E-state index contributed by atoms with van der Waals surface area (Å²) in [7, 11) is 0. The van der Waals surface area contributed by atoms with Crippen molar-refractivity contribution < 1.29 is 14.7 Å². The maximum Gasteiger partial charge on any atom is 0.333 e. The van der Waals surface area contributed by atoms with E-state index in [9.17, 15) is 14.7 Å². The molecule has 190 valence electrons. The molecule has 0 radical (unpaired) electrons. The molecule has 0 aliphatic carbocycles. The SMILES string of the molecule is C#CCN1CC(O)N2[C@@H](CCSC)C(=O)N(Cc3ccccc3)C[C@@H]2N1C(=O)NCc1ccccc1. The number of amides is 3. The number of aliphatic hydroxyl groups is 1. The number of hydrazine groups is 1. The number of urea groups is 1. The van der Waals surface area contributed by atoms with Gasteiger partial charge in [-0.2, -0.15) is 16.8 Å². The summed E-state index contributed by atoms with van der Waals surface area (Å²) in [5.74, 6) is 3.34. The van der Waals surface area contributed by atoms with Crippen LogP contribution in [0.2, 0.25) is 0 Å². The first kappa shape index (κ1) is 26.0. The monoisotopic (exact) mass is 507 g/mol. The van der Waals surface area contributed by atoms with Gasteiger partial charge >= 0.3 is 6.03 Å². The molecule has 3 atom stereocenters. The third-order valence-electron chi connectivity index (χ3n) is 6.57. The van der Waals surface area contributed by atoms with Gasteiger partial charge in [0.25, 0.3) is 0 Å². The number of carbonyl (C=O) groups is 2. The molecular weight excluding hydrogens is 474 g/mol. The average Bonchev–Trinajstić information content (AvgIpc) is 2.89. The summed E-state index contributed by atoms with van der Waals surface area (Å²) in [5.41, 5.74) is 1.99. The van der Waals surface area contributed by atoms with Crippen LogP contribution < -0.4 is 5.32 Å². The second kappa shape index (κ2) is 12.3. The highest BCUT2D eigenvalue weighted by Gasteiger charge is 2.51. The molecule has 2 aliphatic heterocycles. The molecule has 36 heavy (non-hydrogen) atoms. The molecule has 2 aromatic rings. The Morgan fingerprint density at radius 1 is 1.11 bits per heavy atom. The lowest BCUT2D eigenvalue weighted by Crippen LogP contribution is -2.77. The van der Waals surface area contributed by atoms with Crippen molar-refractivity contribution in [2.75, 3.05) is 31.6 Å². The normalized spacial score (nSPS) is 22.7. The maximum atomic E-state index is 13.6. The highest BCUT2D eigenvalue weighted by Crippen LogP contribution is 2.31. The number of hydrogen-bond acceptors (Lipinski definition) is 6. The fraction of sp³-hybridized carbons (Fsp3) is 0.407. The number of piperazine rings is 1. The van der Waals surface area contributed by atoms with Crippen LogP contribution >= 0.6 is 11.8 Å². The van der Waals surface area contributed by atoms with E-state index in [-0.39, 0.29) is 31.6 Å². The van der Waals surface area contributed by atoms with Crippen LogP contribution in [0.25, 0.3) is 0 Å². The van der Waals surface area contributed by atoms with Crippen molar-refractivity contribution in [3.8, 4) is 12.3 Å². The molecule has 2 aromatic carbocycles. The van der Waals surface area contributed by atoms with Crippen molar-refractivity contribution in [2.24, 2.45) is 0 Å². The van der Waals surface area contributed by atoms with E-state index < -0.39 is 18.4 Å². The van der Waals surface area contributed by atoms with Gasteiger partial charge in [-0.1, -0.05) is 66.6 Å². The maximum absolute atomic E-state index is 13.6. The van der Waals surface area contributed by atoms with Crippen LogP contribution in [0.4, 0.5) is 4.79 Å². The van der Waals surface area contributed by atoms with E-state index in [0.717, 1.165) is 16.9 Å². The smallest absolute Gasteiger partial charge is 0.333 e. The first-order valence-electron chi connectivity index (χ1n) is 12.1. The number of benzene rings is 2. The molecule has 9 heteroatoms. The third-order valence-corrected chi connectivity index (χ3v) is 7.21. The number of thioether (sulfide) groups is 1. The van der Waals surface area contributed by atoms with Crippen LogP contribution in [0.5, 0.6) is 0 Å². The molecular formula is C27H33N5O3S. The predicted octanol–water partition coefficient (Wildman–Crippen LogP) is 2.17. The molecule has 0 aromatic heterocycles. The van der Waals surface area contributed by atoms with E-state index in [2.05, 4.69) is 11.2 Å². The summed E-state index contributed by atoms with van der Waals surface area (Å²) in [6, 6.07) is 18.6. The molecule has 2 heterocycles. The number of carbonyl (C=O) groups excluding carboxylic acids is 2. The van der Waals surface area contributed by atoms with Crippen LogP contribution in [-0.4, -0.2) is 86.9 Å². The van der Waals surface area contributed by atoms with Crippen LogP contribution in [0.15, 0.2) is 60.7 Å². The third kappa shape index (κ3) is 5.85. The number of β-amino-alcohol motifs (C(OH)–C–C–N with tert-alkyl or cyclic N) is 1. The lowest BCUT2D eigenvalue weighted by atomic mass is 10.0. The number of terminal acetylenes is 1. The van der Waals surface area contributed by atoms with Crippen LogP contribution in [-0.2, 0) is 17.9 Å². The first-order chi connectivity index (χ1) is 17.5. The van der Waals surface area contributed by atoms with Crippen LogP contribution in [0, 0.1) is 12.3 Å². The minimum atomic E-state index is -0.920. The fourth-order valence-corrected chi connectivity index (χ4v) is 5.37. The molecule has 1 unspecified atom stereocenters. The van der Waals surface area contributed by atoms with Crippen molar-refractivity contribution in [2.45, 2.75) is 37.9 Å². The van der Waals surface area contributed by atoms with Crippen molar-refractivity contribution in [1.82, 2.24) is 25.1 Å². The molecule has 0 bridgehead atoms. The molecule has 4 rings (SSSR count). The summed E-state index contributed by atoms with van der Waals surface area (Å²) in [6.45, 7) is 1.37. The van der Waals surface area contributed by atoms with Gasteiger partial charge in [-0.15, -0.1) is 6.42 Å². The van der Waals surface area contributed by atoms with E-state index in [4.69, 9.17) is 6.42 Å². The van der Waals surface area contributed by atoms with Gasteiger partial charge in [-0.25, -0.2) is 14.7 Å². The predicted molar refractivity (Wildman–Crippen MR) is 141 cm³/mol. The molecule has 2 aliphatic rings. The number of hydrogen-bond donors (Lipinski definition) is 2. The standard InChI is InChI=1S/C27H33N5O3S/c1-3-15-30-20-25(33)31-23(14-16-36-2)26(34)29(18-22-12-8-5-9-13-22)19-24(31)32(30)27(35)28-17-21-10-6-4-7-11-21/h1,4-13,23-25,33H,14-20H2,2H3,(H,28,35)/t23-,24-,25?/m0/s1. The lowest BCUT2D eigenvalue weighted by molar-refractivity contribution is -0.226. The van der Waals surface area contributed by atoms with Gasteiger partial charge in [0.15, 0.2) is 0 Å². The summed E-state index contributed by atoms with van der Waals surface area (Å²) in [4.78, 5) is 30.8. The van der Waals surface area contributed by atoms with E-state index in [1.165, 1.54) is 0 Å². The highest BCUT2D eigenvalue weighted by atomic mass is 32.2. The van der Waals surface area contributed by atoms with Crippen molar-refractivity contribution >= 4 is 23.7 Å². The Hall–Kier alpha value is -3.03. The van der Waals surface area contributed by atoms with Crippen molar-refractivity contribution in [3.63, 3.8) is 0 Å². The zero-order valence-electron chi connectivity index (χ0n) is 20.5. The Bertz CT molecular complexity index is 1060. The topological polar surface area (TPSA) is 79.4 Å². The molecule has 0 saturated carbocycles. The van der Waals surface area contributed by atoms with Crippen LogP contribution in [0.3, 0.4) is 0 Å². The largest absolute Gasteiger partial charge is 0.377 e. The second-order valence-corrected chi connectivity index (χ2v) is 9.94. The van der Waals surface area contributed by atoms with Gasteiger partial charge < -0.3 is 15.3 Å². The minimum absolute atomic E-state index is 0.0294. The van der Waals surface area contributed by atoms with Crippen molar-refractivity contribution in [1.29, 1.82) is 0 Å². The number of fused-ring (bicyclic) bond motifs is 1. The summed E-state index contributed by atoms with van der Waals surface area (Å²) >= 11 is 1.66. The molecule has 2 fully saturated rings. The van der Waals surface area contributed by atoms with Crippen molar-refractivity contribution in [3.05, 3.63) is 71.8 Å². The number of nitrogens with zero attached hydrogens (tertiary/aromatic N) is 4. The fourth-order valence-electron chi connectivity index (χ4n) is 4.91. The van der Waals surface area contributed by atoms with Crippen LogP contribution in [0.1, 0.15) is 17.5 Å². The summed E-state index contributed by atoms with van der Waals surface area (Å²) < 4.78 is 0. The number of rotatable bonds is 8. The Labute approximate surface area is 217 Å². The molecule has 8 nitrogen and oxygen atoms in total. The Morgan fingerprint density at radius 3 is 2.42 bits per heavy atom. The molecule has 2 N–H and O–H groups in total. The van der Waals surface area contributed by atoms with Gasteiger partial charge in [0, 0.05) is 13.1 Å². The van der Waals surface area contributed by atoms with Gasteiger partial charge in [0.2, 0.25) is 5.91 Å². The Morgan fingerprint density at radius 2 is 1.78 bits per heavy atom. The van der Waals surface area contributed by atoms with E-state index >= 15 is 0 Å². The van der Waals surface area contributed by atoms with E-state index in [1.807, 2.05) is 66.9 Å². The first-order valence-corrected chi connectivity index (χ1v) is 13.5. The van der Waals surface area contributed by atoms with E-state index in [1.54, 1.807) is 31.6 Å². The second-order valence-electron chi connectivity index (χ2n) is 8.95. The van der Waals surface area contributed by atoms with Gasteiger partial charge in [-0.05, 0) is 29.6 Å². The van der Waals surface area contributed by atoms with E-state index in [0.29, 0.717) is 19.5 Å². The minimum Gasteiger partial charge on any atom is -0.377 e. The zero-order chi connectivity index (χ0) is 25.5.